The maximum atomic E-state index is 13.2. The number of amides is 2. The molecule has 0 aromatic heterocycles. The molecule has 0 spiro atoms. The number of hydrogen-bond acceptors (Lipinski definition) is 10. The number of carbonyl (C=O) groups is 4. The second-order valence-electron chi connectivity index (χ2n) is 14.9. The van der Waals surface area contributed by atoms with Gasteiger partial charge in [-0.3, -0.25) is 14.4 Å². The fourth-order valence-electron chi connectivity index (χ4n) is 8.76. The number of esters is 1. The third-order valence-electron chi connectivity index (χ3n) is 10.9. The molecule has 4 aliphatic carbocycles. The second kappa shape index (κ2) is 19.3. The van der Waals surface area contributed by atoms with E-state index in [4.69, 9.17) is 9.84 Å². The van der Waals surface area contributed by atoms with Gasteiger partial charge in [0.15, 0.2) is 0 Å². The molecule has 3 aromatic rings. The molecule has 0 atom stereocenters. The van der Waals surface area contributed by atoms with Gasteiger partial charge in [-0.05, 0) is 130 Å². The van der Waals surface area contributed by atoms with Crippen LogP contribution in [0.15, 0.2) is 76.4 Å². The Hall–Kier alpha value is -4.27. The van der Waals surface area contributed by atoms with Crippen LogP contribution in [0.5, 0.6) is 11.5 Å². The molecule has 3 aromatic carbocycles. The molecule has 14 heteroatoms. The Kier molecular flexibility index (Phi) is 14.2. The Labute approximate surface area is 342 Å². The molecular weight excluding hydrogens is 819 g/mol. The van der Waals surface area contributed by atoms with E-state index in [2.05, 4.69) is 37.8 Å². The van der Waals surface area contributed by atoms with Crippen LogP contribution in [0, 0.1) is 17.8 Å². The first-order valence-corrected chi connectivity index (χ1v) is 22.1. The van der Waals surface area contributed by atoms with Gasteiger partial charge in [0.1, 0.15) is 17.2 Å². The summed E-state index contributed by atoms with van der Waals surface area (Å²) < 4.78 is 6.54. The summed E-state index contributed by atoms with van der Waals surface area (Å²) in [6.07, 6.45) is 9.92. The average Bonchev–Trinajstić information content (AvgIpc) is 3.17. The fourth-order valence-corrected chi connectivity index (χ4v) is 11.0. The highest BCUT2D eigenvalue weighted by Crippen LogP contribution is 2.62. The Morgan fingerprint density at radius 1 is 0.857 bits per heavy atom. The summed E-state index contributed by atoms with van der Waals surface area (Å²) in [5.74, 6) is 1.84. The lowest BCUT2D eigenvalue weighted by molar-refractivity contribution is -0.136. The van der Waals surface area contributed by atoms with Crippen LogP contribution in [0.1, 0.15) is 68.1 Å². The molecular formula is C42H46BrN3O8S2. The van der Waals surface area contributed by atoms with Crippen LogP contribution in [0.4, 0.5) is 0 Å². The van der Waals surface area contributed by atoms with Crippen LogP contribution in [0.2, 0.25) is 0 Å². The van der Waals surface area contributed by atoms with Crippen molar-refractivity contribution in [2.45, 2.75) is 63.2 Å². The quantitative estimate of drug-likeness (QED) is 0.0124. The van der Waals surface area contributed by atoms with Crippen LogP contribution in [-0.2, 0) is 31.0 Å². The number of carboxylic acid groups (broad SMARTS) is 1. The lowest BCUT2D eigenvalue weighted by Gasteiger charge is -2.57. The number of phenols is 1. The van der Waals surface area contributed by atoms with E-state index >= 15 is 0 Å². The zero-order chi connectivity index (χ0) is 39.7. The van der Waals surface area contributed by atoms with Gasteiger partial charge in [0.2, 0.25) is 5.91 Å². The molecule has 0 unspecified atom stereocenters. The molecule has 11 nitrogen and oxygen atoms in total. The number of hydrogen-bond donors (Lipinski definition) is 5. The summed E-state index contributed by atoms with van der Waals surface area (Å²) in [6.45, 7) is 0.785. The first-order valence-electron chi connectivity index (χ1n) is 18.8. The molecule has 2 amide bonds. The van der Waals surface area contributed by atoms with Crippen LogP contribution in [0.25, 0.3) is 17.2 Å². The Morgan fingerprint density at radius 2 is 1.50 bits per heavy atom. The van der Waals surface area contributed by atoms with Gasteiger partial charge in [-0.25, -0.2) is 4.79 Å². The standard InChI is InChI=1S/C42H46BrN3O8S2/c43-34-20-27(3-8-36(34)47)21-35(46-53)41(52)45-14-16-56-55-15-13-44-38(48)10-12-40(51)54-37-9-7-32(31-5-1-26(2-6-31)4-11-39(49)50)22-33(37)42-23-28-17-29(24-42)19-30(18-28)25-42/h1-9,11,20,22,28-30,47,53H,10,12-19,21,23-25H2,(H,44,48)(H,45,52)(H,49,50)/b11-4+,46-35+. The Bertz CT molecular complexity index is 1950. The van der Waals surface area contributed by atoms with Crippen molar-refractivity contribution < 1.29 is 39.3 Å². The van der Waals surface area contributed by atoms with Crippen molar-refractivity contribution in [2.24, 2.45) is 22.9 Å². The smallest absolute Gasteiger partial charge is 0.328 e. The van der Waals surface area contributed by atoms with Gasteiger partial charge in [0, 0.05) is 49.1 Å². The van der Waals surface area contributed by atoms with E-state index in [1.807, 2.05) is 36.4 Å². The molecule has 5 N–H and O–H groups in total. The second-order valence-corrected chi connectivity index (χ2v) is 18.5. The first-order chi connectivity index (χ1) is 27.0. The number of rotatable bonds is 18. The number of aliphatic carboxylic acids is 1. The zero-order valence-electron chi connectivity index (χ0n) is 30.9. The van der Waals surface area contributed by atoms with E-state index in [-0.39, 0.29) is 42.0 Å². The maximum Gasteiger partial charge on any atom is 0.328 e. The molecule has 296 valence electrons. The molecule has 4 saturated carbocycles. The SMILES string of the molecule is O=C(O)/C=C/c1ccc(-c2ccc(OC(=O)CCC(=O)NCCSSCCNC(=O)/C(Cc3ccc(O)c(Br)c3)=N/O)c(C34CC5CC(CC(C5)C3)C4)c2)cc1. The lowest BCUT2D eigenvalue weighted by atomic mass is 9.48. The molecule has 4 aliphatic rings. The highest BCUT2D eigenvalue weighted by atomic mass is 79.9. The third kappa shape index (κ3) is 11.0. The highest BCUT2D eigenvalue weighted by Gasteiger charge is 2.52. The molecule has 0 heterocycles. The van der Waals surface area contributed by atoms with Crippen molar-refractivity contribution in [1.29, 1.82) is 0 Å². The Morgan fingerprint density at radius 3 is 2.12 bits per heavy atom. The van der Waals surface area contributed by atoms with Gasteiger partial charge in [-0.15, -0.1) is 0 Å². The predicted octanol–water partition coefficient (Wildman–Crippen LogP) is 7.76. The van der Waals surface area contributed by atoms with Crippen LogP contribution < -0.4 is 15.4 Å². The summed E-state index contributed by atoms with van der Waals surface area (Å²) in [4.78, 5) is 49.2. The fraction of sp³-hybridized carbons (Fsp3) is 0.405. The number of aromatic hydroxyl groups is 1. The van der Waals surface area contributed by atoms with Crippen molar-refractivity contribution in [3.63, 3.8) is 0 Å². The van der Waals surface area contributed by atoms with Gasteiger partial charge in [-0.1, -0.05) is 63.1 Å². The van der Waals surface area contributed by atoms with E-state index < -0.39 is 17.8 Å². The normalized spacial score (nSPS) is 21.2. The number of phenolic OH excluding ortho intramolecular Hbond substituents is 1. The predicted molar refractivity (Wildman–Crippen MR) is 223 cm³/mol. The molecule has 4 bridgehead atoms. The molecule has 7 rings (SSSR count). The van der Waals surface area contributed by atoms with Crippen LogP contribution in [0.3, 0.4) is 0 Å². The van der Waals surface area contributed by atoms with Crippen molar-refractivity contribution in [2.75, 3.05) is 24.6 Å². The largest absolute Gasteiger partial charge is 0.507 e. The summed E-state index contributed by atoms with van der Waals surface area (Å²) in [5.41, 5.74) is 4.52. The number of ether oxygens (including phenoxy) is 1. The van der Waals surface area contributed by atoms with Gasteiger partial charge < -0.3 is 30.8 Å². The minimum atomic E-state index is -0.994. The van der Waals surface area contributed by atoms with Gasteiger partial charge >= 0.3 is 11.9 Å². The molecule has 0 saturated heterocycles. The number of benzene rings is 3. The summed E-state index contributed by atoms with van der Waals surface area (Å²) in [5, 5.41) is 36.7. The van der Waals surface area contributed by atoms with E-state index in [0.717, 1.165) is 47.6 Å². The van der Waals surface area contributed by atoms with E-state index in [0.29, 0.717) is 58.1 Å². The van der Waals surface area contributed by atoms with Crippen molar-refractivity contribution in [3.8, 4) is 22.6 Å². The topological polar surface area (TPSA) is 175 Å². The van der Waals surface area contributed by atoms with Crippen LogP contribution in [-0.4, -0.2) is 69.5 Å². The Balaban J connectivity index is 0.944. The van der Waals surface area contributed by atoms with Gasteiger partial charge in [0.25, 0.3) is 5.91 Å². The number of nitrogens with zero attached hydrogens (tertiary/aromatic N) is 1. The number of halogens is 1. The van der Waals surface area contributed by atoms with Crippen molar-refractivity contribution >= 4 is 73.1 Å². The van der Waals surface area contributed by atoms with Crippen LogP contribution >= 0.6 is 37.5 Å². The van der Waals surface area contributed by atoms with Crippen molar-refractivity contribution in [3.05, 3.63) is 87.9 Å². The summed E-state index contributed by atoms with van der Waals surface area (Å²) >= 11 is 3.23. The number of nitrogens with one attached hydrogen (secondary N) is 2. The minimum Gasteiger partial charge on any atom is -0.507 e. The molecule has 0 radical (unpaired) electrons. The summed E-state index contributed by atoms with van der Waals surface area (Å²) in [6, 6.07) is 18.6. The monoisotopic (exact) mass is 863 g/mol. The van der Waals surface area contributed by atoms with E-state index in [1.54, 1.807) is 29.0 Å². The molecule has 56 heavy (non-hydrogen) atoms. The number of oxime groups is 1. The molecule has 0 aliphatic heterocycles. The number of carboxylic acids is 1. The minimum absolute atomic E-state index is 0.0198. The van der Waals surface area contributed by atoms with Gasteiger partial charge in [-0.2, -0.15) is 0 Å². The zero-order valence-corrected chi connectivity index (χ0v) is 34.1. The number of carbonyl (C=O) groups excluding carboxylic acids is 3. The van der Waals surface area contributed by atoms with E-state index in [9.17, 15) is 29.5 Å². The average molecular weight is 865 g/mol. The van der Waals surface area contributed by atoms with E-state index in [1.165, 1.54) is 36.1 Å². The highest BCUT2D eigenvalue weighted by molar-refractivity contribution is 9.10. The first kappa shape index (κ1) is 41.4. The lowest BCUT2D eigenvalue weighted by Crippen LogP contribution is -2.48. The molecule has 4 fully saturated rings. The maximum absolute atomic E-state index is 13.2. The summed E-state index contributed by atoms with van der Waals surface area (Å²) in [7, 11) is 3.08. The third-order valence-corrected chi connectivity index (χ3v) is 13.9. The van der Waals surface area contributed by atoms with Crippen molar-refractivity contribution in [1.82, 2.24) is 10.6 Å². The van der Waals surface area contributed by atoms with Gasteiger partial charge in [0.05, 0.1) is 10.9 Å².